The summed E-state index contributed by atoms with van der Waals surface area (Å²) in [6.07, 6.45) is 1.87. The molecule has 1 aliphatic rings. The molecule has 0 aromatic carbocycles. The van der Waals surface area contributed by atoms with Crippen LogP contribution in [0.1, 0.15) is 5.69 Å². The lowest BCUT2D eigenvalue weighted by atomic mass is 10.3. The van der Waals surface area contributed by atoms with Gasteiger partial charge in [-0.05, 0) is 7.05 Å². The maximum absolute atomic E-state index is 5.69. The van der Waals surface area contributed by atoms with Crippen LogP contribution in [0, 0.1) is 0 Å². The van der Waals surface area contributed by atoms with E-state index in [1.54, 1.807) is 0 Å². The minimum Gasteiger partial charge on any atom is -0.369 e. The summed E-state index contributed by atoms with van der Waals surface area (Å²) in [6, 6.07) is 0. The molecule has 0 radical (unpaired) electrons. The number of likely N-dealkylation sites (N-methyl/N-ethyl adjacent to an activating group) is 1. The summed E-state index contributed by atoms with van der Waals surface area (Å²) in [4.78, 5) is 8.90. The first-order chi connectivity index (χ1) is 7.16. The first-order valence-electron chi connectivity index (χ1n) is 5.34. The number of hydrogen-bond donors (Lipinski definition) is 1. The highest BCUT2D eigenvalue weighted by molar-refractivity contribution is 5.21. The van der Waals surface area contributed by atoms with Crippen LogP contribution in [0.2, 0.25) is 0 Å². The monoisotopic (exact) mass is 209 g/mol. The maximum atomic E-state index is 5.69. The van der Waals surface area contributed by atoms with Gasteiger partial charge in [-0.15, -0.1) is 0 Å². The molecule has 1 aliphatic heterocycles. The number of nitrogens with two attached hydrogens (primary N) is 1. The van der Waals surface area contributed by atoms with Gasteiger partial charge in [0.25, 0.3) is 0 Å². The van der Waals surface area contributed by atoms with Gasteiger partial charge in [0.05, 0.1) is 11.9 Å². The molecule has 1 aromatic rings. The zero-order valence-electron chi connectivity index (χ0n) is 9.48. The van der Waals surface area contributed by atoms with Gasteiger partial charge in [-0.1, -0.05) is 0 Å². The quantitative estimate of drug-likeness (QED) is 0.730. The zero-order chi connectivity index (χ0) is 10.8. The fraction of sp³-hybridized carbons (Fsp3) is 0.700. The molecule has 84 valence electrons. The van der Waals surface area contributed by atoms with Crippen LogP contribution in [0.15, 0.2) is 6.20 Å². The molecule has 0 saturated carbocycles. The van der Waals surface area contributed by atoms with E-state index in [1.807, 2.05) is 17.8 Å². The highest BCUT2D eigenvalue weighted by Gasteiger charge is 2.15. The van der Waals surface area contributed by atoms with Crippen molar-refractivity contribution in [2.45, 2.75) is 6.54 Å². The molecule has 0 spiro atoms. The molecule has 5 nitrogen and oxygen atoms in total. The highest BCUT2D eigenvalue weighted by Crippen LogP contribution is 2.09. The molecule has 2 heterocycles. The average molecular weight is 209 g/mol. The molecule has 15 heavy (non-hydrogen) atoms. The van der Waals surface area contributed by atoms with Crippen molar-refractivity contribution in [1.82, 2.24) is 19.4 Å². The van der Waals surface area contributed by atoms with Crippen molar-refractivity contribution in [2.24, 2.45) is 7.05 Å². The van der Waals surface area contributed by atoms with Crippen LogP contribution in [0.5, 0.6) is 0 Å². The molecule has 0 aliphatic carbocycles. The topological polar surface area (TPSA) is 50.3 Å². The summed E-state index contributed by atoms with van der Waals surface area (Å²) >= 11 is 0. The highest BCUT2D eigenvalue weighted by atomic mass is 15.3. The first kappa shape index (κ1) is 10.4. The van der Waals surface area contributed by atoms with Crippen LogP contribution in [0.25, 0.3) is 0 Å². The summed E-state index contributed by atoms with van der Waals surface area (Å²) in [6.45, 7) is 5.50. The largest absolute Gasteiger partial charge is 0.369 e. The van der Waals surface area contributed by atoms with Crippen LogP contribution in [-0.2, 0) is 13.6 Å². The molecular weight excluding hydrogens is 190 g/mol. The lowest BCUT2D eigenvalue weighted by molar-refractivity contribution is 0.146. The van der Waals surface area contributed by atoms with E-state index in [9.17, 15) is 0 Å². The summed E-state index contributed by atoms with van der Waals surface area (Å²) in [7, 11) is 4.13. The molecule has 2 rings (SSSR count). The van der Waals surface area contributed by atoms with Crippen LogP contribution >= 0.6 is 0 Å². The molecule has 1 saturated heterocycles. The van der Waals surface area contributed by atoms with E-state index >= 15 is 0 Å². The normalized spacial score (nSPS) is 19.6. The van der Waals surface area contributed by atoms with Crippen molar-refractivity contribution in [3.63, 3.8) is 0 Å². The zero-order valence-corrected chi connectivity index (χ0v) is 9.48. The third-order valence-electron chi connectivity index (χ3n) is 3.10. The smallest absolute Gasteiger partial charge is 0.200 e. The Morgan fingerprint density at radius 1 is 1.27 bits per heavy atom. The number of rotatable bonds is 2. The molecule has 1 fully saturated rings. The SMILES string of the molecule is CN1CCN(Cc2cnc(N)n2C)CC1. The third-order valence-corrected chi connectivity index (χ3v) is 3.10. The van der Waals surface area contributed by atoms with E-state index in [1.165, 1.54) is 5.69 Å². The minimum atomic E-state index is 0.596. The summed E-state index contributed by atoms with van der Waals surface area (Å²) < 4.78 is 1.96. The van der Waals surface area contributed by atoms with Crippen molar-refractivity contribution in [3.05, 3.63) is 11.9 Å². The number of hydrogen-bond acceptors (Lipinski definition) is 4. The number of imidazole rings is 1. The Balaban J connectivity index is 1.94. The van der Waals surface area contributed by atoms with E-state index in [4.69, 9.17) is 5.73 Å². The predicted molar refractivity (Wildman–Crippen MR) is 60.4 cm³/mol. The van der Waals surface area contributed by atoms with Crippen molar-refractivity contribution < 1.29 is 0 Å². The van der Waals surface area contributed by atoms with Gasteiger partial charge < -0.3 is 15.2 Å². The van der Waals surface area contributed by atoms with E-state index < -0.39 is 0 Å². The standard InChI is InChI=1S/C10H19N5/c1-13-3-5-15(6-4-13)8-9-7-12-10(11)14(9)2/h7H,3-6,8H2,1-2H3,(H2,11,12). The van der Waals surface area contributed by atoms with Gasteiger partial charge in [-0.2, -0.15) is 0 Å². The summed E-state index contributed by atoms with van der Waals surface area (Å²) in [5.74, 6) is 0.596. The molecule has 2 N–H and O–H groups in total. The van der Waals surface area contributed by atoms with Gasteiger partial charge in [-0.3, -0.25) is 4.90 Å². The Morgan fingerprint density at radius 3 is 2.47 bits per heavy atom. The van der Waals surface area contributed by atoms with Crippen molar-refractivity contribution in [3.8, 4) is 0 Å². The molecule has 0 bridgehead atoms. The summed E-state index contributed by atoms with van der Waals surface area (Å²) in [5, 5.41) is 0. The van der Waals surface area contributed by atoms with Gasteiger partial charge in [0.15, 0.2) is 5.95 Å². The Hall–Kier alpha value is -1.07. The Kier molecular flexibility index (Phi) is 2.93. The molecule has 0 unspecified atom stereocenters. The molecule has 0 amide bonds. The number of nitrogens with zero attached hydrogens (tertiary/aromatic N) is 4. The molecule has 1 aromatic heterocycles. The number of nitrogen functional groups attached to an aromatic ring is 1. The van der Waals surface area contributed by atoms with E-state index in [0.717, 1.165) is 32.7 Å². The lowest BCUT2D eigenvalue weighted by Gasteiger charge is -2.32. The lowest BCUT2D eigenvalue weighted by Crippen LogP contribution is -2.44. The van der Waals surface area contributed by atoms with Gasteiger partial charge in [0.1, 0.15) is 0 Å². The Bertz CT molecular complexity index is 325. The number of anilines is 1. The number of aromatic nitrogens is 2. The second-order valence-electron chi connectivity index (χ2n) is 4.25. The van der Waals surface area contributed by atoms with Gasteiger partial charge in [0.2, 0.25) is 0 Å². The first-order valence-corrected chi connectivity index (χ1v) is 5.34. The number of piperazine rings is 1. The second-order valence-corrected chi connectivity index (χ2v) is 4.25. The fourth-order valence-electron chi connectivity index (χ4n) is 1.84. The van der Waals surface area contributed by atoms with E-state index in [2.05, 4.69) is 21.8 Å². The maximum Gasteiger partial charge on any atom is 0.200 e. The van der Waals surface area contributed by atoms with Crippen LogP contribution in [-0.4, -0.2) is 52.6 Å². The van der Waals surface area contributed by atoms with E-state index in [0.29, 0.717) is 5.95 Å². The summed E-state index contributed by atoms with van der Waals surface area (Å²) in [5.41, 5.74) is 6.88. The van der Waals surface area contributed by atoms with E-state index in [-0.39, 0.29) is 0 Å². The molecular formula is C10H19N5. The Labute approximate surface area is 90.5 Å². The molecule has 0 atom stereocenters. The fourth-order valence-corrected chi connectivity index (χ4v) is 1.84. The van der Waals surface area contributed by atoms with Crippen LogP contribution < -0.4 is 5.73 Å². The van der Waals surface area contributed by atoms with Crippen LogP contribution in [0.4, 0.5) is 5.95 Å². The second kappa shape index (κ2) is 4.20. The van der Waals surface area contributed by atoms with Crippen molar-refractivity contribution in [2.75, 3.05) is 39.0 Å². The third kappa shape index (κ3) is 2.30. The average Bonchev–Trinajstić information content (AvgIpc) is 2.53. The van der Waals surface area contributed by atoms with Gasteiger partial charge in [-0.25, -0.2) is 4.98 Å². The van der Waals surface area contributed by atoms with Gasteiger partial charge >= 0.3 is 0 Å². The van der Waals surface area contributed by atoms with Crippen LogP contribution in [0.3, 0.4) is 0 Å². The molecule has 5 heteroatoms. The minimum absolute atomic E-state index is 0.596. The van der Waals surface area contributed by atoms with Crippen molar-refractivity contribution >= 4 is 5.95 Å². The van der Waals surface area contributed by atoms with Gasteiger partial charge in [0, 0.05) is 39.8 Å². The predicted octanol–water partition coefficient (Wildman–Crippen LogP) is -0.250. The Morgan fingerprint density at radius 2 is 1.93 bits per heavy atom. The van der Waals surface area contributed by atoms with Crippen molar-refractivity contribution in [1.29, 1.82) is 0 Å².